The van der Waals surface area contributed by atoms with Crippen molar-refractivity contribution >= 4 is 22.7 Å². The Morgan fingerprint density at radius 2 is 2.06 bits per heavy atom. The fourth-order valence-corrected chi connectivity index (χ4v) is 2.53. The standard InChI is InChI=1S/C14H9N3S/c15-8-10-5-6-13(16-9-10)18-14-7-11-3-1-2-4-12(11)17-14/h1-7,9,17H. The van der Waals surface area contributed by atoms with E-state index in [1.54, 1.807) is 24.0 Å². The summed E-state index contributed by atoms with van der Waals surface area (Å²) in [5.41, 5.74) is 1.70. The Bertz CT molecular complexity index is 690. The van der Waals surface area contributed by atoms with Crippen molar-refractivity contribution in [2.75, 3.05) is 0 Å². The summed E-state index contributed by atoms with van der Waals surface area (Å²) >= 11 is 1.56. The van der Waals surface area contributed by atoms with Gasteiger partial charge in [0.05, 0.1) is 10.6 Å². The molecule has 4 heteroatoms. The number of aromatic nitrogens is 2. The number of aromatic amines is 1. The molecule has 3 rings (SSSR count). The topological polar surface area (TPSA) is 52.5 Å². The summed E-state index contributed by atoms with van der Waals surface area (Å²) in [5.74, 6) is 0. The molecule has 1 aromatic carbocycles. The van der Waals surface area contributed by atoms with Gasteiger partial charge in [0, 0.05) is 17.1 Å². The Morgan fingerprint density at radius 1 is 1.17 bits per heavy atom. The molecular weight excluding hydrogens is 242 g/mol. The molecule has 0 spiro atoms. The van der Waals surface area contributed by atoms with Gasteiger partial charge in [-0.3, -0.25) is 0 Å². The minimum Gasteiger partial charge on any atom is -0.349 e. The lowest BCUT2D eigenvalue weighted by Gasteiger charge is -1.97. The molecule has 1 N–H and O–H groups in total. The number of fused-ring (bicyclic) bond motifs is 1. The first-order valence-corrected chi connectivity index (χ1v) is 6.28. The third-order valence-corrected chi connectivity index (χ3v) is 3.48. The van der Waals surface area contributed by atoms with Crippen molar-refractivity contribution in [3.63, 3.8) is 0 Å². The molecule has 0 amide bonds. The monoisotopic (exact) mass is 251 g/mol. The van der Waals surface area contributed by atoms with E-state index in [-0.39, 0.29) is 0 Å². The quantitative estimate of drug-likeness (QED) is 0.757. The largest absolute Gasteiger partial charge is 0.349 e. The minimum absolute atomic E-state index is 0.580. The van der Waals surface area contributed by atoms with Crippen molar-refractivity contribution in [2.45, 2.75) is 10.1 Å². The van der Waals surface area contributed by atoms with Crippen LogP contribution in [0.3, 0.4) is 0 Å². The molecule has 18 heavy (non-hydrogen) atoms. The van der Waals surface area contributed by atoms with Crippen molar-refractivity contribution in [3.05, 3.63) is 54.2 Å². The zero-order valence-electron chi connectivity index (χ0n) is 9.42. The smallest absolute Gasteiger partial charge is 0.102 e. The summed E-state index contributed by atoms with van der Waals surface area (Å²) in [6.45, 7) is 0. The fourth-order valence-electron chi connectivity index (χ4n) is 1.72. The van der Waals surface area contributed by atoms with Crippen LogP contribution in [0, 0.1) is 11.3 Å². The first kappa shape index (κ1) is 10.9. The van der Waals surface area contributed by atoms with E-state index in [1.165, 1.54) is 5.39 Å². The molecule has 3 aromatic rings. The molecule has 0 bridgehead atoms. The molecule has 0 aliphatic heterocycles. The van der Waals surface area contributed by atoms with Crippen LogP contribution in [-0.2, 0) is 0 Å². The van der Waals surface area contributed by atoms with Gasteiger partial charge in [-0.1, -0.05) is 30.0 Å². The number of benzene rings is 1. The first-order chi connectivity index (χ1) is 8.85. The van der Waals surface area contributed by atoms with Crippen molar-refractivity contribution in [1.29, 1.82) is 5.26 Å². The number of H-pyrrole nitrogens is 1. The van der Waals surface area contributed by atoms with Gasteiger partial charge in [0.2, 0.25) is 0 Å². The third kappa shape index (κ3) is 2.08. The van der Waals surface area contributed by atoms with Gasteiger partial charge >= 0.3 is 0 Å². The molecular formula is C14H9N3S. The molecule has 86 valence electrons. The fraction of sp³-hybridized carbons (Fsp3) is 0. The first-order valence-electron chi connectivity index (χ1n) is 5.47. The lowest BCUT2D eigenvalue weighted by Crippen LogP contribution is -1.81. The highest BCUT2D eigenvalue weighted by Gasteiger charge is 2.03. The van der Waals surface area contributed by atoms with Crippen LogP contribution in [0.1, 0.15) is 5.56 Å². The van der Waals surface area contributed by atoms with E-state index in [9.17, 15) is 0 Å². The molecule has 0 aliphatic carbocycles. The highest BCUT2D eigenvalue weighted by Crippen LogP contribution is 2.28. The van der Waals surface area contributed by atoms with Crippen LogP contribution in [0.25, 0.3) is 10.9 Å². The van der Waals surface area contributed by atoms with E-state index in [0.717, 1.165) is 15.6 Å². The molecule has 0 radical (unpaired) electrons. The Morgan fingerprint density at radius 3 is 2.78 bits per heavy atom. The number of nitriles is 1. The van der Waals surface area contributed by atoms with Gasteiger partial charge < -0.3 is 4.98 Å². The van der Waals surface area contributed by atoms with E-state index in [4.69, 9.17) is 5.26 Å². The molecule has 0 atom stereocenters. The molecule has 0 saturated carbocycles. The van der Waals surface area contributed by atoms with Crippen LogP contribution >= 0.6 is 11.8 Å². The van der Waals surface area contributed by atoms with E-state index in [1.807, 2.05) is 24.3 Å². The second kappa shape index (κ2) is 4.55. The molecule has 0 fully saturated rings. The molecule has 0 aliphatic rings. The van der Waals surface area contributed by atoms with Crippen molar-refractivity contribution in [2.24, 2.45) is 0 Å². The maximum Gasteiger partial charge on any atom is 0.102 e. The number of nitrogens with zero attached hydrogens (tertiary/aromatic N) is 2. The number of para-hydroxylation sites is 1. The Kier molecular flexibility index (Phi) is 2.75. The van der Waals surface area contributed by atoms with Crippen LogP contribution in [0.4, 0.5) is 0 Å². The SMILES string of the molecule is N#Cc1ccc(Sc2cc3ccccc3[nH]2)nc1. The lowest BCUT2D eigenvalue weighted by molar-refractivity contribution is 1.11. The summed E-state index contributed by atoms with van der Waals surface area (Å²) in [4.78, 5) is 7.57. The van der Waals surface area contributed by atoms with Gasteiger partial charge in [-0.2, -0.15) is 5.26 Å². The van der Waals surface area contributed by atoms with Crippen LogP contribution in [0.5, 0.6) is 0 Å². The lowest BCUT2D eigenvalue weighted by atomic mass is 10.3. The van der Waals surface area contributed by atoms with Gasteiger partial charge in [-0.25, -0.2) is 4.98 Å². The van der Waals surface area contributed by atoms with Gasteiger partial charge in [-0.05, 0) is 24.3 Å². The van der Waals surface area contributed by atoms with Crippen LogP contribution in [-0.4, -0.2) is 9.97 Å². The van der Waals surface area contributed by atoms with E-state index in [2.05, 4.69) is 28.2 Å². The third-order valence-electron chi connectivity index (χ3n) is 2.59. The van der Waals surface area contributed by atoms with E-state index in [0.29, 0.717) is 5.56 Å². The van der Waals surface area contributed by atoms with Crippen LogP contribution in [0.2, 0.25) is 0 Å². The molecule has 2 heterocycles. The normalized spacial score (nSPS) is 10.4. The molecule has 2 aromatic heterocycles. The number of hydrogen-bond donors (Lipinski definition) is 1. The number of nitrogens with one attached hydrogen (secondary N) is 1. The second-order valence-electron chi connectivity index (χ2n) is 3.82. The second-order valence-corrected chi connectivity index (χ2v) is 4.88. The minimum atomic E-state index is 0.580. The summed E-state index contributed by atoms with van der Waals surface area (Å²) in [6, 6.07) is 15.9. The van der Waals surface area contributed by atoms with Crippen LogP contribution in [0.15, 0.2) is 58.7 Å². The number of pyridine rings is 1. The van der Waals surface area contributed by atoms with Crippen molar-refractivity contribution in [1.82, 2.24) is 9.97 Å². The summed E-state index contributed by atoms with van der Waals surface area (Å²) in [6.07, 6.45) is 1.59. The number of rotatable bonds is 2. The van der Waals surface area contributed by atoms with E-state index >= 15 is 0 Å². The summed E-state index contributed by atoms with van der Waals surface area (Å²) in [5, 5.41) is 11.8. The molecule has 3 nitrogen and oxygen atoms in total. The Labute approximate surface area is 108 Å². The number of hydrogen-bond acceptors (Lipinski definition) is 3. The predicted molar refractivity (Wildman–Crippen MR) is 71.4 cm³/mol. The van der Waals surface area contributed by atoms with Crippen molar-refractivity contribution < 1.29 is 0 Å². The summed E-state index contributed by atoms with van der Waals surface area (Å²) in [7, 11) is 0. The molecule has 0 unspecified atom stereocenters. The van der Waals surface area contributed by atoms with Gasteiger partial charge in [0.25, 0.3) is 0 Å². The zero-order chi connectivity index (χ0) is 12.4. The zero-order valence-corrected chi connectivity index (χ0v) is 10.2. The average molecular weight is 251 g/mol. The van der Waals surface area contributed by atoms with Crippen molar-refractivity contribution in [3.8, 4) is 6.07 Å². The summed E-state index contributed by atoms with van der Waals surface area (Å²) < 4.78 is 0. The Hall–Kier alpha value is -2.25. The highest BCUT2D eigenvalue weighted by molar-refractivity contribution is 7.99. The van der Waals surface area contributed by atoms with Gasteiger partial charge in [-0.15, -0.1) is 0 Å². The molecule has 0 saturated heterocycles. The highest BCUT2D eigenvalue weighted by atomic mass is 32.2. The Balaban J connectivity index is 1.89. The van der Waals surface area contributed by atoms with Gasteiger partial charge in [0.1, 0.15) is 11.1 Å². The van der Waals surface area contributed by atoms with E-state index < -0.39 is 0 Å². The van der Waals surface area contributed by atoms with Gasteiger partial charge in [0.15, 0.2) is 0 Å². The predicted octanol–water partition coefficient (Wildman–Crippen LogP) is 3.59. The average Bonchev–Trinajstić information content (AvgIpc) is 2.82. The van der Waals surface area contributed by atoms with Crippen LogP contribution < -0.4 is 0 Å². The maximum atomic E-state index is 8.71. The maximum absolute atomic E-state index is 8.71.